The maximum Gasteiger partial charge on any atom is 0.408 e. The molecular formula is C24H29NO6. The average molecular weight is 427 g/mol. The molecule has 166 valence electrons. The molecule has 0 aliphatic rings. The zero-order valence-electron chi connectivity index (χ0n) is 18.3. The number of benzene rings is 2. The van der Waals surface area contributed by atoms with E-state index in [0.717, 1.165) is 5.56 Å². The van der Waals surface area contributed by atoms with E-state index in [4.69, 9.17) is 14.5 Å². The molecule has 31 heavy (non-hydrogen) atoms. The molecule has 0 aromatic heterocycles. The summed E-state index contributed by atoms with van der Waals surface area (Å²) < 4.78 is 5.31. The van der Waals surface area contributed by atoms with Crippen LogP contribution in [0.5, 0.6) is 5.75 Å². The maximum absolute atomic E-state index is 13.1. The van der Waals surface area contributed by atoms with Gasteiger partial charge in [0.2, 0.25) is 0 Å². The van der Waals surface area contributed by atoms with Crippen LogP contribution >= 0.6 is 0 Å². The van der Waals surface area contributed by atoms with Crippen molar-refractivity contribution in [3.8, 4) is 5.75 Å². The molecule has 2 rings (SSSR count). The van der Waals surface area contributed by atoms with Gasteiger partial charge in [0.25, 0.3) is 0 Å². The SMILES string of the molecule is CCCC(=O)OOc1ccc(C(=O)C(Cc2ccccc2)NC(=O)OC(C)(C)C)cc1. The van der Waals surface area contributed by atoms with Crippen LogP contribution in [-0.2, 0) is 20.8 Å². The molecule has 7 heteroatoms. The largest absolute Gasteiger partial charge is 0.444 e. The highest BCUT2D eigenvalue weighted by Crippen LogP contribution is 2.16. The van der Waals surface area contributed by atoms with Gasteiger partial charge in [-0.1, -0.05) is 37.3 Å². The first-order valence-electron chi connectivity index (χ1n) is 10.2. The van der Waals surface area contributed by atoms with Crippen LogP contribution in [0.3, 0.4) is 0 Å². The van der Waals surface area contributed by atoms with Crippen LogP contribution in [0, 0.1) is 0 Å². The lowest BCUT2D eigenvalue weighted by Crippen LogP contribution is -2.44. The summed E-state index contributed by atoms with van der Waals surface area (Å²) >= 11 is 0. The van der Waals surface area contributed by atoms with Crippen LogP contribution in [0.4, 0.5) is 4.79 Å². The van der Waals surface area contributed by atoms with Crippen molar-refractivity contribution in [2.24, 2.45) is 0 Å². The molecule has 2 aromatic rings. The summed E-state index contributed by atoms with van der Waals surface area (Å²) in [4.78, 5) is 46.5. The smallest absolute Gasteiger partial charge is 0.408 e. The van der Waals surface area contributed by atoms with E-state index >= 15 is 0 Å². The fraction of sp³-hybridized carbons (Fsp3) is 0.375. The van der Waals surface area contributed by atoms with Crippen LogP contribution in [0.15, 0.2) is 54.6 Å². The van der Waals surface area contributed by atoms with Gasteiger partial charge in [-0.3, -0.25) is 14.6 Å². The quantitative estimate of drug-likeness (QED) is 0.356. The highest BCUT2D eigenvalue weighted by atomic mass is 17.2. The summed E-state index contributed by atoms with van der Waals surface area (Å²) in [5.74, 6) is -0.447. The van der Waals surface area contributed by atoms with E-state index in [1.54, 1.807) is 32.9 Å². The van der Waals surface area contributed by atoms with Gasteiger partial charge in [0, 0.05) is 18.4 Å². The Hall–Kier alpha value is -3.35. The number of nitrogens with one attached hydrogen (secondary N) is 1. The molecule has 2 aromatic carbocycles. The summed E-state index contributed by atoms with van der Waals surface area (Å²) in [6.07, 6.45) is 0.563. The van der Waals surface area contributed by atoms with E-state index < -0.39 is 23.7 Å². The number of hydrogen-bond donors (Lipinski definition) is 1. The van der Waals surface area contributed by atoms with Gasteiger partial charge in [0.1, 0.15) is 5.60 Å². The van der Waals surface area contributed by atoms with E-state index in [1.165, 1.54) is 12.1 Å². The second-order valence-electron chi connectivity index (χ2n) is 8.07. The van der Waals surface area contributed by atoms with Crippen molar-refractivity contribution in [3.05, 3.63) is 65.7 Å². The molecule has 1 atom stereocenters. The third-order valence-corrected chi connectivity index (χ3v) is 4.11. The second kappa shape index (κ2) is 11.2. The molecule has 0 saturated carbocycles. The number of ketones is 1. The number of carbonyl (C=O) groups is 3. The van der Waals surface area contributed by atoms with Crippen LogP contribution < -0.4 is 10.2 Å². The van der Waals surface area contributed by atoms with Crippen molar-refractivity contribution in [2.45, 2.75) is 58.6 Å². The molecule has 1 amide bonds. The molecule has 1 N–H and O–H groups in total. The molecule has 0 aliphatic carbocycles. The van der Waals surface area contributed by atoms with Gasteiger partial charge in [-0.2, -0.15) is 0 Å². The number of Topliss-reactive ketones (excluding diaryl/α,β-unsaturated/α-hetero) is 1. The fourth-order valence-electron chi connectivity index (χ4n) is 2.73. The van der Waals surface area contributed by atoms with Crippen LogP contribution in [0.2, 0.25) is 0 Å². The number of rotatable bonds is 9. The Balaban J connectivity index is 2.11. The Morgan fingerprint density at radius 3 is 2.19 bits per heavy atom. The van der Waals surface area contributed by atoms with E-state index in [1.807, 2.05) is 37.3 Å². The van der Waals surface area contributed by atoms with Crippen LogP contribution in [0.1, 0.15) is 56.5 Å². The first-order valence-corrected chi connectivity index (χ1v) is 10.2. The molecule has 0 fully saturated rings. The minimum atomic E-state index is -0.814. The molecule has 0 bridgehead atoms. The summed E-state index contributed by atoms with van der Waals surface area (Å²) in [6.45, 7) is 7.13. The molecule has 0 heterocycles. The van der Waals surface area contributed by atoms with Crippen molar-refractivity contribution < 1.29 is 28.9 Å². The Bertz CT molecular complexity index is 871. The average Bonchev–Trinajstić information content (AvgIpc) is 2.71. The highest BCUT2D eigenvalue weighted by Gasteiger charge is 2.25. The normalized spacial score (nSPS) is 11.9. The number of carbonyl (C=O) groups excluding carboxylic acids is 3. The molecule has 0 spiro atoms. The predicted molar refractivity (Wildman–Crippen MR) is 116 cm³/mol. The van der Waals surface area contributed by atoms with Gasteiger partial charge in [-0.25, -0.2) is 9.59 Å². The number of alkyl carbamates (subject to hydrolysis) is 1. The van der Waals surface area contributed by atoms with Crippen molar-refractivity contribution in [3.63, 3.8) is 0 Å². The van der Waals surface area contributed by atoms with Crippen molar-refractivity contribution in [2.75, 3.05) is 0 Å². The van der Waals surface area contributed by atoms with Crippen LogP contribution in [-0.4, -0.2) is 29.5 Å². The summed E-state index contributed by atoms with van der Waals surface area (Å²) in [7, 11) is 0. The highest BCUT2D eigenvalue weighted by molar-refractivity contribution is 6.01. The molecule has 1 unspecified atom stereocenters. The Morgan fingerprint density at radius 1 is 0.968 bits per heavy atom. The number of amides is 1. The third-order valence-electron chi connectivity index (χ3n) is 4.11. The molecule has 0 aliphatic heterocycles. The lowest BCUT2D eigenvalue weighted by atomic mass is 9.97. The molecular weight excluding hydrogens is 398 g/mol. The van der Waals surface area contributed by atoms with Gasteiger partial charge < -0.3 is 10.1 Å². The minimum absolute atomic E-state index is 0.258. The van der Waals surface area contributed by atoms with Crippen molar-refractivity contribution >= 4 is 17.8 Å². The van der Waals surface area contributed by atoms with Gasteiger partial charge in [-0.15, -0.1) is 0 Å². The fourth-order valence-corrected chi connectivity index (χ4v) is 2.73. The van der Waals surface area contributed by atoms with Gasteiger partial charge in [-0.05, 0) is 57.0 Å². The number of ether oxygens (including phenoxy) is 1. The Kier molecular flexibility index (Phi) is 8.61. The lowest BCUT2D eigenvalue weighted by Gasteiger charge is -2.23. The summed E-state index contributed by atoms with van der Waals surface area (Å²) in [5.41, 5.74) is 0.599. The van der Waals surface area contributed by atoms with E-state index in [-0.39, 0.29) is 12.2 Å². The second-order valence-corrected chi connectivity index (χ2v) is 8.07. The monoisotopic (exact) mass is 427 g/mol. The van der Waals surface area contributed by atoms with E-state index in [9.17, 15) is 14.4 Å². The molecule has 0 radical (unpaired) electrons. The van der Waals surface area contributed by atoms with Gasteiger partial charge >= 0.3 is 12.1 Å². The topological polar surface area (TPSA) is 90.9 Å². The zero-order valence-corrected chi connectivity index (χ0v) is 18.3. The number of hydrogen-bond acceptors (Lipinski definition) is 6. The van der Waals surface area contributed by atoms with Crippen LogP contribution in [0.25, 0.3) is 0 Å². The van der Waals surface area contributed by atoms with E-state index in [2.05, 4.69) is 5.32 Å². The summed E-state index contributed by atoms with van der Waals surface area (Å²) in [6, 6.07) is 14.8. The lowest BCUT2D eigenvalue weighted by molar-refractivity contribution is -0.213. The standard InChI is InChI=1S/C24H29NO6/c1-5-9-21(26)31-30-19-14-12-18(13-15-19)22(27)20(16-17-10-7-6-8-11-17)25-23(28)29-24(2,3)4/h6-8,10-15,20H,5,9,16H2,1-4H3,(H,25,28). The van der Waals surface area contributed by atoms with Crippen molar-refractivity contribution in [1.29, 1.82) is 0 Å². The Labute approximate surface area is 182 Å². The third kappa shape index (κ3) is 8.50. The first-order chi connectivity index (χ1) is 14.7. The van der Waals surface area contributed by atoms with Crippen molar-refractivity contribution in [1.82, 2.24) is 5.32 Å². The molecule has 0 saturated heterocycles. The van der Waals surface area contributed by atoms with E-state index in [0.29, 0.717) is 24.2 Å². The van der Waals surface area contributed by atoms with Gasteiger partial charge in [0.15, 0.2) is 11.5 Å². The predicted octanol–water partition coefficient (Wildman–Crippen LogP) is 4.64. The zero-order chi connectivity index (χ0) is 22.9. The summed E-state index contributed by atoms with van der Waals surface area (Å²) in [5, 5.41) is 2.68. The minimum Gasteiger partial charge on any atom is -0.444 e. The Morgan fingerprint density at radius 2 is 1.61 bits per heavy atom. The first kappa shape index (κ1) is 23.9. The van der Waals surface area contributed by atoms with Gasteiger partial charge in [0.05, 0.1) is 6.04 Å². The maximum atomic E-state index is 13.1. The molecule has 7 nitrogen and oxygen atoms in total.